The average molecular weight is 315 g/mol. The van der Waals surface area contributed by atoms with Crippen LogP contribution in [0.25, 0.3) is 0 Å². The summed E-state index contributed by atoms with van der Waals surface area (Å²) in [6.07, 6.45) is 6.16. The van der Waals surface area contributed by atoms with Gasteiger partial charge in [-0.1, -0.05) is 36.9 Å². The van der Waals surface area contributed by atoms with Gasteiger partial charge < -0.3 is 4.74 Å². The Labute approximate surface area is 131 Å². The van der Waals surface area contributed by atoms with Crippen LogP contribution >= 0.6 is 11.6 Å². The van der Waals surface area contributed by atoms with E-state index in [0.717, 1.165) is 31.2 Å². The predicted octanol–water partition coefficient (Wildman–Crippen LogP) is 3.59. The summed E-state index contributed by atoms with van der Waals surface area (Å²) < 4.78 is 19.3. The maximum absolute atomic E-state index is 13.2. The smallest absolute Gasteiger partial charge is 0.124 e. The summed E-state index contributed by atoms with van der Waals surface area (Å²) in [5, 5.41) is 0.442. The third kappa shape index (κ3) is 3.95. The summed E-state index contributed by atoms with van der Waals surface area (Å²) in [6, 6.07) is 4.48. The van der Waals surface area contributed by atoms with Crippen LogP contribution < -0.4 is 11.3 Å². The van der Waals surface area contributed by atoms with Crippen molar-refractivity contribution in [1.29, 1.82) is 0 Å². The zero-order chi connectivity index (χ0) is 15.3. The van der Waals surface area contributed by atoms with Gasteiger partial charge in [-0.25, -0.2) is 4.39 Å². The van der Waals surface area contributed by atoms with Gasteiger partial charge in [0.25, 0.3) is 0 Å². The summed E-state index contributed by atoms with van der Waals surface area (Å²) in [4.78, 5) is 0. The minimum absolute atomic E-state index is 0.0271. The highest BCUT2D eigenvalue weighted by atomic mass is 35.5. The number of hydrogen-bond donors (Lipinski definition) is 2. The molecule has 0 spiro atoms. The molecule has 1 aromatic rings. The van der Waals surface area contributed by atoms with Crippen molar-refractivity contribution >= 4 is 11.6 Å². The van der Waals surface area contributed by atoms with Crippen LogP contribution in [0, 0.1) is 5.82 Å². The molecule has 1 atom stereocenters. The van der Waals surface area contributed by atoms with Crippen LogP contribution in [-0.4, -0.2) is 18.2 Å². The van der Waals surface area contributed by atoms with Gasteiger partial charge in [0.05, 0.1) is 11.6 Å². The fourth-order valence-electron chi connectivity index (χ4n) is 3.34. The van der Waals surface area contributed by atoms with E-state index in [1.165, 1.54) is 18.6 Å². The molecule has 0 aliphatic heterocycles. The van der Waals surface area contributed by atoms with E-state index in [2.05, 4.69) is 5.43 Å². The van der Waals surface area contributed by atoms with Crippen molar-refractivity contribution in [2.75, 3.05) is 6.61 Å². The maximum Gasteiger partial charge on any atom is 0.124 e. The first-order valence-corrected chi connectivity index (χ1v) is 8.03. The molecule has 1 saturated carbocycles. The molecule has 3 N–H and O–H groups in total. The Morgan fingerprint density at radius 1 is 1.38 bits per heavy atom. The van der Waals surface area contributed by atoms with Crippen LogP contribution in [-0.2, 0) is 11.2 Å². The number of nitrogens with one attached hydrogen (secondary N) is 1. The van der Waals surface area contributed by atoms with Gasteiger partial charge in [0.1, 0.15) is 5.82 Å². The topological polar surface area (TPSA) is 47.3 Å². The quantitative estimate of drug-likeness (QED) is 0.623. The van der Waals surface area contributed by atoms with E-state index < -0.39 is 0 Å². The summed E-state index contributed by atoms with van der Waals surface area (Å²) in [5.41, 5.74) is 3.55. The molecule has 21 heavy (non-hydrogen) atoms. The van der Waals surface area contributed by atoms with E-state index in [0.29, 0.717) is 18.1 Å². The molecule has 5 heteroatoms. The summed E-state index contributed by atoms with van der Waals surface area (Å²) >= 11 is 6.14. The molecule has 0 radical (unpaired) electrons. The molecule has 0 bridgehead atoms. The van der Waals surface area contributed by atoms with Gasteiger partial charge in [0.2, 0.25) is 0 Å². The van der Waals surface area contributed by atoms with E-state index in [1.807, 2.05) is 6.92 Å². The number of halogens is 2. The highest BCUT2D eigenvalue weighted by molar-refractivity contribution is 6.31. The lowest BCUT2D eigenvalue weighted by Crippen LogP contribution is -2.57. The van der Waals surface area contributed by atoms with Crippen molar-refractivity contribution in [2.45, 2.75) is 57.1 Å². The Morgan fingerprint density at radius 3 is 2.67 bits per heavy atom. The van der Waals surface area contributed by atoms with E-state index in [9.17, 15) is 4.39 Å². The molecule has 2 rings (SSSR count). The molecule has 0 amide bonds. The fraction of sp³-hybridized carbons (Fsp3) is 0.625. The summed E-state index contributed by atoms with van der Waals surface area (Å²) in [5.74, 6) is 5.48. The molecule has 0 saturated heterocycles. The lowest BCUT2D eigenvalue weighted by molar-refractivity contribution is -0.0898. The summed E-state index contributed by atoms with van der Waals surface area (Å²) in [7, 11) is 0. The first-order valence-electron chi connectivity index (χ1n) is 7.65. The molecular formula is C16H24ClFN2O. The molecule has 1 aliphatic carbocycles. The minimum Gasteiger partial charge on any atom is -0.374 e. The van der Waals surface area contributed by atoms with Gasteiger partial charge in [0, 0.05) is 11.6 Å². The van der Waals surface area contributed by atoms with Crippen LogP contribution in [0.2, 0.25) is 5.02 Å². The van der Waals surface area contributed by atoms with Crippen LogP contribution in [0.5, 0.6) is 0 Å². The SMILES string of the molecule is CCOC1(C(Cc2ccc(F)cc2Cl)NN)CCCCC1. The maximum atomic E-state index is 13.2. The first kappa shape index (κ1) is 16.7. The molecule has 1 unspecified atom stereocenters. The fourth-order valence-corrected chi connectivity index (χ4v) is 3.58. The molecular weight excluding hydrogens is 291 g/mol. The van der Waals surface area contributed by atoms with Crippen molar-refractivity contribution in [2.24, 2.45) is 5.84 Å². The third-order valence-electron chi connectivity index (χ3n) is 4.41. The van der Waals surface area contributed by atoms with E-state index in [1.54, 1.807) is 6.07 Å². The standard InChI is InChI=1S/C16H24ClFN2O/c1-2-21-16(8-4-3-5-9-16)15(20-19)10-12-6-7-13(18)11-14(12)17/h6-7,11,15,20H,2-5,8-10,19H2,1H3. The Morgan fingerprint density at radius 2 is 2.10 bits per heavy atom. The number of benzene rings is 1. The van der Waals surface area contributed by atoms with Crippen LogP contribution in [0.3, 0.4) is 0 Å². The lowest BCUT2D eigenvalue weighted by atomic mass is 9.77. The van der Waals surface area contributed by atoms with Gasteiger partial charge in [0.15, 0.2) is 0 Å². The predicted molar refractivity (Wildman–Crippen MR) is 83.7 cm³/mol. The Kier molecular flexibility index (Phi) is 5.99. The normalized spacial score (nSPS) is 19.4. The molecule has 3 nitrogen and oxygen atoms in total. The molecule has 0 heterocycles. The Balaban J connectivity index is 2.20. The monoisotopic (exact) mass is 314 g/mol. The minimum atomic E-state index is -0.321. The van der Waals surface area contributed by atoms with Crippen molar-refractivity contribution in [3.05, 3.63) is 34.6 Å². The van der Waals surface area contributed by atoms with Gasteiger partial charge >= 0.3 is 0 Å². The summed E-state index contributed by atoms with van der Waals surface area (Å²) in [6.45, 7) is 2.67. The number of rotatable bonds is 6. The van der Waals surface area contributed by atoms with Crippen LogP contribution in [0.15, 0.2) is 18.2 Å². The van der Waals surface area contributed by atoms with Crippen LogP contribution in [0.1, 0.15) is 44.6 Å². The second kappa shape index (κ2) is 7.54. The second-order valence-electron chi connectivity index (χ2n) is 5.72. The second-order valence-corrected chi connectivity index (χ2v) is 6.12. The van der Waals surface area contributed by atoms with E-state index >= 15 is 0 Å². The first-order chi connectivity index (χ1) is 10.1. The zero-order valence-electron chi connectivity index (χ0n) is 12.5. The van der Waals surface area contributed by atoms with Crippen molar-refractivity contribution in [3.63, 3.8) is 0 Å². The number of hydrogen-bond acceptors (Lipinski definition) is 3. The Bertz CT molecular complexity index is 458. The molecule has 118 valence electrons. The highest BCUT2D eigenvalue weighted by Crippen LogP contribution is 2.36. The molecule has 1 fully saturated rings. The van der Waals surface area contributed by atoms with Gasteiger partial charge in [-0.3, -0.25) is 11.3 Å². The van der Waals surface area contributed by atoms with Crippen molar-refractivity contribution in [3.8, 4) is 0 Å². The van der Waals surface area contributed by atoms with Gasteiger partial charge in [-0.05, 0) is 43.9 Å². The molecule has 1 aromatic carbocycles. The highest BCUT2D eigenvalue weighted by Gasteiger charge is 2.40. The number of ether oxygens (including phenoxy) is 1. The van der Waals surface area contributed by atoms with Gasteiger partial charge in [-0.15, -0.1) is 0 Å². The van der Waals surface area contributed by atoms with Gasteiger partial charge in [-0.2, -0.15) is 0 Å². The largest absolute Gasteiger partial charge is 0.374 e. The van der Waals surface area contributed by atoms with Crippen molar-refractivity contribution < 1.29 is 9.13 Å². The van der Waals surface area contributed by atoms with Crippen LogP contribution in [0.4, 0.5) is 4.39 Å². The molecule has 0 aromatic heterocycles. The van der Waals surface area contributed by atoms with Crippen molar-refractivity contribution in [1.82, 2.24) is 5.43 Å². The lowest BCUT2D eigenvalue weighted by Gasteiger charge is -2.43. The Hall–Kier alpha value is -0.680. The van der Waals surface area contributed by atoms with E-state index in [-0.39, 0.29) is 17.5 Å². The zero-order valence-corrected chi connectivity index (χ0v) is 13.3. The number of nitrogens with two attached hydrogens (primary N) is 1. The average Bonchev–Trinajstić information content (AvgIpc) is 2.47. The molecule has 1 aliphatic rings. The third-order valence-corrected chi connectivity index (χ3v) is 4.76. The number of hydrazine groups is 1. The van der Waals surface area contributed by atoms with E-state index in [4.69, 9.17) is 22.2 Å².